The predicted molar refractivity (Wildman–Crippen MR) is 95.1 cm³/mol. The van der Waals surface area contributed by atoms with Crippen LogP contribution in [0, 0.1) is 0 Å². The first kappa shape index (κ1) is 16.8. The van der Waals surface area contributed by atoms with Crippen LogP contribution in [0.4, 0.5) is 10.5 Å². The Kier molecular flexibility index (Phi) is 4.56. The second kappa shape index (κ2) is 6.80. The molecule has 0 aliphatic rings. The van der Waals surface area contributed by atoms with E-state index in [0.717, 1.165) is 16.7 Å². The number of alkyl carbamates (subject to hydrolysis) is 1. The Labute approximate surface area is 145 Å². The summed E-state index contributed by atoms with van der Waals surface area (Å²) in [5, 5.41) is 3.54. The molecule has 3 aromatic rings. The smallest absolute Gasteiger partial charge is 0.412 e. The molecule has 0 bridgehead atoms. The molecule has 130 valence electrons. The second-order valence-electron chi connectivity index (χ2n) is 6.55. The Bertz CT molecular complexity index is 902. The summed E-state index contributed by atoms with van der Waals surface area (Å²) in [6.07, 6.45) is 7.86. The monoisotopic (exact) mass is 340 g/mol. The summed E-state index contributed by atoms with van der Waals surface area (Å²) < 4.78 is 12.7. The third-order valence-corrected chi connectivity index (χ3v) is 3.33. The zero-order valence-corrected chi connectivity index (χ0v) is 14.4. The number of rotatable bonds is 4. The van der Waals surface area contributed by atoms with Crippen molar-refractivity contribution in [1.29, 1.82) is 0 Å². The van der Waals surface area contributed by atoms with E-state index >= 15 is 0 Å². The lowest BCUT2D eigenvalue weighted by Crippen LogP contribution is -2.31. The number of aliphatic imine (C=N–C) groups is 1. The van der Waals surface area contributed by atoms with E-state index in [1.165, 1.54) is 12.6 Å². The van der Waals surface area contributed by atoms with Crippen LogP contribution in [-0.4, -0.2) is 27.6 Å². The first-order chi connectivity index (χ1) is 11.9. The van der Waals surface area contributed by atoms with Gasteiger partial charge in [0.25, 0.3) is 0 Å². The predicted octanol–water partition coefficient (Wildman–Crippen LogP) is 3.86. The maximum Gasteiger partial charge on any atom is 0.412 e. The molecule has 1 N–H and O–H groups in total. The molecule has 3 aromatic heterocycles. The van der Waals surface area contributed by atoms with Gasteiger partial charge in [-0.3, -0.25) is 10.3 Å². The van der Waals surface area contributed by atoms with Gasteiger partial charge in [0.15, 0.2) is 0 Å². The van der Waals surface area contributed by atoms with E-state index in [9.17, 15) is 4.79 Å². The van der Waals surface area contributed by atoms with E-state index in [1.54, 1.807) is 27.0 Å². The molecular weight excluding hydrogens is 320 g/mol. The molecule has 0 aliphatic carbocycles. The van der Waals surface area contributed by atoms with Crippen molar-refractivity contribution in [3.05, 3.63) is 48.8 Å². The summed E-state index contributed by atoms with van der Waals surface area (Å²) >= 11 is 0. The summed E-state index contributed by atoms with van der Waals surface area (Å²) in [5.74, 6) is 0.763. The van der Waals surface area contributed by atoms with E-state index in [1.807, 2.05) is 30.6 Å². The minimum atomic E-state index is -0.549. The van der Waals surface area contributed by atoms with Crippen LogP contribution in [0.25, 0.3) is 10.9 Å². The van der Waals surface area contributed by atoms with Crippen LogP contribution in [0.2, 0.25) is 0 Å². The Morgan fingerprint density at radius 1 is 1.44 bits per heavy atom. The molecule has 0 saturated carbocycles. The van der Waals surface area contributed by atoms with Crippen molar-refractivity contribution < 1.29 is 13.9 Å². The van der Waals surface area contributed by atoms with Crippen LogP contribution in [-0.2, 0) is 11.3 Å². The fourth-order valence-electron chi connectivity index (χ4n) is 2.33. The highest BCUT2D eigenvalue weighted by Crippen LogP contribution is 2.20. The quantitative estimate of drug-likeness (QED) is 0.577. The molecule has 25 heavy (non-hydrogen) atoms. The van der Waals surface area contributed by atoms with Crippen molar-refractivity contribution in [2.24, 2.45) is 4.99 Å². The number of amides is 1. The largest absolute Gasteiger partial charge is 0.465 e. The number of fused-ring (bicyclic) bond motifs is 1. The van der Waals surface area contributed by atoms with E-state index in [2.05, 4.69) is 19.9 Å². The summed E-state index contributed by atoms with van der Waals surface area (Å²) in [6.45, 7) is 5.98. The molecule has 0 saturated heterocycles. The normalized spacial score (nSPS) is 12.0. The number of hydrogen-bond donors (Lipinski definition) is 1. The minimum Gasteiger partial charge on any atom is -0.465 e. The first-order valence-corrected chi connectivity index (χ1v) is 7.89. The van der Waals surface area contributed by atoms with Crippen LogP contribution in [0.3, 0.4) is 0 Å². The lowest BCUT2D eigenvalue weighted by molar-refractivity contribution is 0.0565. The van der Waals surface area contributed by atoms with Crippen LogP contribution >= 0.6 is 0 Å². The highest BCUT2D eigenvalue weighted by Gasteiger charge is 2.15. The van der Waals surface area contributed by atoms with Crippen LogP contribution in [0.1, 0.15) is 26.5 Å². The number of nitrogens with one attached hydrogen (secondary N) is 1. The van der Waals surface area contributed by atoms with Gasteiger partial charge in [-0.05, 0) is 32.9 Å². The molecule has 0 aromatic carbocycles. The van der Waals surface area contributed by atoms with Gasteiger partial charge in [-0.1, -0.05) is 0 Å². The molecule has 3 rings (SSSR count). The summed E-state index contributed by atoms with van der Waals surface area (Å²) in [7, 11) is 0. The molecule has 7 nitrogen and oxygen atoms in total. The van der Waals surface area contributed by atoms with E-state index in [-0.39, 0.29) is 0 Å². The lowest BCUT2D eigenvalue weighted by atomic mass is 10.2. The molecule has 0 aliphatic heterocycles. The first-order valence-electron chi connectivity index (χ1n) is 7.89. The zero-order valence-electron chi connectivity index (χ0n) is 14.4. The zero-order chi connectivity index (χ0) is 17.9. The van der Waals surface area contributed by atoms with Gasteiger partial charge in [0.05, 0.1) is 18.4 Å². The van der Waals surface area contributed by atoms with E-state index < -0.39 is 11.7 Å². The van der Waals surface area contributed by atoms with E-state index in [4.69, 9.17) is 9.15 Å². The number of pyridine rings is 1. The third kappa shape index (κ3) is 4.47. The Hall–Kier alpha value is -3.09. The summed E-state index contributed by atoms with van der Waals surface area (Å²) in [5.41, 5.74) is 1.16. The molecule has 1 amide bonds. The fraction of sp³-hybridized carbons (Fsp3) is 0.278. The van der Waals surface area contributed by atoms with Gasteiger partial charge in [0.1, 0.15) is 23.3 Å². The minimum absolute atomic E-state index is 0.546. The van der Waals surface area contributed by atoms with Gasteiger partial charge < -0.3 is 13.7 Å². The average molecular weight is 340 g/mol. The molecule has 0 radical (unpaired) electrons. The number of ether oxygens (including phenoxy) is 1. The summed E-state index contributed by atoms with van der Waals surface area (Å²) in [6, 6.07) is 5.79. The third-order valence-electron chi connectivity index (χ3n) is 3.33. The Morgan fingerprint density at radius 2 is 2.28 bits per heavy atom. The molecule has 0 atom stereocenters. The highest BCUT2D eigenvalue weighted by atomic mass is 16.6. The number of carbonyl (C=O) groups excluding carboxylic acids is 1. The van der Waals surface area contributed by atoms with Gasteiger partial charge >= 0.3 is 6.09 Å². The van der Waals surface area contributed by atoms with Crippen molar-refractivity contribution in [1.82, 2.24) is 14.9 Å². The fourth-order valence-corrected chi connectivity index (χ4v) is 2.33. The summed E-state index contributed by atoms with van der Waals surface area (Å²) in [4.78, 5) is 19.8. The lowest BCUT2D eigenvalue weighted by Gasteiger charge is -2.18. The molecule has 0 unspecified atom stereocenters. The van der Waals surface area contributed by atoms with Crippen LogP contribution < -0.4 is 5.32 Å². The molecule has 0 fully saturated rings. The molecule has 3 heterocycles. The average Bonchev–Trinajstić information content (AvgIpc) is 3.14. The van der Waals surface area contributed by atoms with Gasteiger partial charge in [-0.25, -0.2) is 9.79 Å². The number of nitrogens with zero attached hydrogens (tertiary/aromatic N) is 3. The topological polar surface area (TPSA) is 81.6 Å². The number of furan rings is 1. The number of aromatic nitrogens is 2. The van der Waals surface area contributed by atoms with E-state index in [0.29, 0.717) is 12.2 Å². The highest BCUT2D eigenvalue weighted by molar-refractivity contribution is 5.83. The van der Waals surface area contributed by atoms with Crippen molar-refractivity contribution in [3.8, 4) is 0 Å². The number of hydrogen-bond acceptors (Lipinski definition) is 5. The standard InChI is InChI=1S/C18H20N4O3/c1-18(2,3)25-17(23)21-12-20-14-8-15(24-11-14)10-22-7-5-13-9-19-6-4-16(13)22/h4-9,11-12H,10H2,1-3H3,(H,20,21,23). The maximum atomic E-state index is 11.5. The Balaban J connectivity index is 1.61. The molecule has 7 heteroatoms. The molecular formula is C18H20N4O3. The number of carbonyl (C=O) groups is 1. The van der Waals surface area contributed by atoms with Crippen molar-refractivity contribution in [2.45, 2.75) is 32.9 Å². The second-order valence-corrected chi connectivity index (χ2v) is 6.55. The van der Waals surface area contributed by atoms with Crippen LogP contribution in [0.5, 0.6) is 0 Å². The van der Waals surface area contributed by atoms with Crippen molar-refractivity contribution >= 4 is 29.0 Å². The van der Waals surface area contributed by atoms with Gasteiger partial charge in [0, 0.05) is 30.0 Å². The molecule has 0 spiro atoms. The van der Waals surface area contributed by atoms with Gasteiger partial charge in [-0.2, -0.15) is 0 Å². The maximum absolute atomic E-state index is 11.5. The van der Waals surface area contributed by atoms with Gasteiger partial charge in [0.2, 0.25) is 0 Å². The van der Waals surface area contributed by atoms with Crippen molar-refractivity contribution in [3.63, 3.8) is 0 Å². The van der Waals surface area contributed by atoms with Crippen LogP contribution in [0.15, 0.2) is 52.5 Å². The van der Waals surface area contributed by atoms with Gasteiger partial charge in [-0.15, -0.1) is 0 Å². The SMILES string of the molecule is CC(C)(C)OC(=O)NC=Nc1coc(Cn2ccc3cnccc32)c1. The Morgan fingerprint density at radius 3 is 3.08 bits per heavy atom. The van der Waals surface area contributed by atoms with Crippen molar-refractivity contribution in [2.75, 3.05) is 0 Å².